The fourth-order valence-electron chi connectivity index (χ4n) is 3.51. The maximum Gasteiger partial charge on any atom is 0.248 e. The van der Waals surface area contributed by atoms with E-state index in [4.69, 9.17) is 14.2 Å². The second-order valence-corrected chi connectivity index (χ2v) is 6.06. The van der Waals surface area contributed by atoms with Gasteiger partial charge in [0.1, 0.15) is 6.61 Å². The first-order chi connectivity index (χ1) is 10.2. The van der Waals surface area contributed by atoms with Crippen LogP contribution in [0.2, 0.25) is 0 Å². The van der Waals surface area contributed by atoms with Crippen LogP contribution in [0, 0.1) is 11.3 Å². The van der Waals surface area contributed by atoms with Crippen LogP contribution in [0.4, 0.5) is 0 Å². The number of ether oxygens (including phenoxy) is 3. The lowest BCUT2D eigenvalue weighted by molar-refractivity contribution is -0.143. The van der Waals surface area contributed by atoms with Crippen molar-refractivity contribution < 1.29 is 19.0 Å². The average Bonchev–Trinajstić information content (AvgIpc) is 2.52. The molecule has 1 atom stereocenters. The van der Waals surface area contributed by atoms with E-state index < -0.39 is 0 Å². The minimum absolute atomic E-state index is 0.125. The number of amides is 1. The van der Waals surface area contributed by atoms with E-state index in [0.717, 1.165) is 58.8 Å². The summed E-state index contributed by atoms with van der Waals surface area (Å²) < 4.78 is 16.5. The molecule has 2 saturated heterocycles. The van der Waals surface area contributed by atoms with E-state index in [1.807, 2.05) is 18.7 Å². The molecule has 0 radical (unpaired) electrons. The molecule has 5 heteroatoms. The summed E-state index contributed by atoms with van der Waals surface area (Å²) in [6.07, 6.45) is 3.22. The molecule has 0 bridgehead atoms. The van der Waals surface area contributed by atoms with Crippen LogP contribution in [0.15, 0.2) is 0 Å². The molecule has 5 nitrogen and oxygen atoms in total. The van der Waals surface area contributed by atoms with Crippen molar-refractivity contribution >= 4 is 5.91 Å². The SMILES string of the molecule is CCOCC(=O)N1CCC2(CCOC[C@H]2COCC)CC1. The van der Waals surface area contributed by atoms with Gasteiger partial charge in [-0.15, -0.1) is 0 Å². The van der Waals surface area contributed by atoms with Crippen LogP contribution in [0.25, 0.3) is 0 Å². The van der Waals surface area contributed by atoms with Crippen molar-refractivity contribution in [2.24, 2.45) is 11.3 Å². The van der Waals surface area contributed by atoms with Crippen LogP contribution in [0.1, 0.15) is 33.1 Å². The zero-order valence-electron chi connectivity index (χ0n) is 13.4. The summed E-state index contributed by atoms with van der Waals surface area (Å²) in [6, 6.07) is 0. The summed E-state index contributed by atoms with van der Waals surface area (Å²) in [4.78, 5) is 14.0. The Bertz CT molecular complexity index is 326. The van der Waals surface area contributed by atoms with E-state index in [1.54, 1.807) is 0 Å². The summed E-state index contributed by atoms with van der Waals surface area (Å²) in [5.41, 5.74) is 0.301. The minimum atomic E-state index is 0.125. The highest BCUT2D eigenvalue weighted by Gasteiger charge is 2.44. The van der Waals surface area contributed by atoms with Crippen LogP contribution >= 0.6 is 0 Å². The van der Waals surface area contributed by atoms with Gasteiger partial charge in [0.05, 0.1) is 13.2 Å². The smallest absolute Gasteiger partial charge is 0.248 e. The molecule has 122 valence electrons. The van der Waals surface area contributed by atoms with Crippen molar-refractivity contribution in [3.05, 3.63) is 0 Å². The van der Waals surface area contributed by atoms with Gasteiger partial charge in [0.25, 0.3) is 0 Å². The van der Waals surface area contributed by atoms with Crippen molar-refractivity contribution in [3.63, 3.8) is 0 Å². The molecular formula is C16H29NO4. The first-order valence-corrected chi connectivity index (χ1v) is 8.23. The van der Waals surface area contributed by atoms with Crippen molar-refractivity contribution in [2.45, 2.75) is 33.1 Å². The monoisotopic (exact) mass is 299 g/mol. The van der Waals surface area contributed by atoms with Crippen molar-refractivity contribution in [1.29, 1.82) is 0 Å². The lowest BCUT2D eigenvalue weighted by Gasteiger charge is -2.49. The molecule has 0 aromatic heterocycles. The molecule has 2 rings (SSSR count). The normalized spacial score (nSPS) is 25.2. The van der Waals surface area contributed by atoms with Gasteiger partial charge in [-0.05, 0) is 38.5 Å². The van der Waals surface area contributed by atoms with Gasteiger partial charge in [-0.3, -0.25) is 4.79 Å². The fraction of sp³-hybridized carbons (Fsp3) is 0.938. The molecular weight excluding hydrogens is 270 g/mol. The number of hydrogen-bond acceptors (Lipinski definition) is 4. The zero-order chi connectivity index (χ0) is 15.1. The number of hydrogen-bond donors (Lipinski definition) is 0. The quantitative estimate of drug-likeness (QED) is 0.749. The molecule has 0 aliphatic carbocycles. The highest BCUT2D eigenvalue weighted by atomic mass is 16.5. The molecule has 2 fully saturated rings. The van der Waals surface area contributed by atoms with Crippen molar-refractivity contribution in [2.75, 3.05) is 52.7 Å². The van der Waals surface area contributed by atoms with E-state index in [0.29, 0.717) is 17.9 Å². The van der Waals surface area contributed by atoms with Gasteiger partial charge < -0.3 is 19.1 Å². The highest BCUT2D eigenvalue weighted by Crippen LogP contribution is 2.44. The predicted octanol–water partition coefficient (Wildman–Crippen LogP) is 1.70. The summed E-state index contributed by atoms with van der Waals surface area (Å²) in [6.45, 7) is 9.62. The molecule has 2 aliphatic heterocycles. The Hall–Kier alpha value is -0.650. The third-order valence-electron chi connectivity index (χ3n) is 4.99. The van der Waals surface area contributed by atoms with E-state index in [2.05, 4.69) is 0 Å². The Morgan fingerprint density at radius 2 is 1.90 bits per heavy atom. The zero-order valence-corrected chi connectivity index (χ0v) is 13.4. The summed E-state index contributed by atoms with van der Waals surface area (Å²) in [7, 11) is 0. The van der Waals surface area contributed by atoms with Gasteiger partial charge in [0.2, 0.25) is 5.91 Å². The Morgan fingerprint density at radius 1 is 1.19 bits per heavy atom. The number of likely N-dealkylation sites (tertiary alicyclic amines) is 1. The minimum Gasteiger partial charge on any atom is -0.381 e. The highest BCUT2D eigenvalue weighted by molar-refractivity contribution is 5.77. The summed E-state index contributed by atoms with van der Waals surface area (Å²) >= 11 is 0. The Morgan fingerprint density at radius 3 is 2.57 bits per heavy atom. The first-order valence-electron chi connectivity index (χ1n) is 8.23. The number of carbonyl (C=O) groups is 1. The molecule has 21 heavy (non-hydrogen) atoms. The summed E-state index contributed by atoms with van der Waals surface area (Å²) in [5, 5.41) is 0. The largest absolute Gasteiger partial charge is 0.381 e. The van der Waals surface area contributed by atoms with Crippen molar-refractivity contribution in [3.8, 4) is 0 Å². The number of carbonyl (C=O) groups excluding carboxylic acids is 1. The topological polar surface area (TPSA) is 48.0 Å². The van der Waals surface area contributed by atoms with Crippen LogP contribution in [0.3, 0.4) is 0 Å². The second kappa shape index (κ2) is 8.11. The second-order valence-electron chi connectivity index (χ2n) is 6.06. The van der Waals surface area contributed by atoms with E-state index >= 15 is 0 Å². The summed E-state index contributed by atoms with van der Waals surface area (Å²) in [5.74, 6) is 0.593. The third-order valence-corrected chi connectivity index (χ3v) is 4.99. The average molecular weight is 299 g/mol. The van der Waals surface area contributed by atoms with Gasteiger partial charge in [-0.25, -0.2) is 0 Å². The van der Waals surface area contributed by atoms with Crippen LogP contribution in [-0.2, 0) is 19.0 Å². The van der Waals surface area contributed by atoms with Crippen LogP contribution < -0.4 is 0 Å². The lowest BCUT2D eigenvalue weighted by atomic mass is 9.66. The van der Waals surface area contributed by atoms with Gasteiger partial charge in [-0.2, -0.15) is 0 Å². The molecule has 2 aliphatic rings. The van der Waals surface area contributed by atoms with Gasteiger partial charge in [-0.1, -0.05) is 0 Å². The van der Waals surface area contributed by atoms with Crippen LogP contribution in [0.5, 0.6) is 0 Å². The number of piperidine rings is 1. The van der Waals surface area contributed by atoms with Gasteiger partial charge in [0.15, 0.2) is 0 Å². The molecule has 0 saturated carbocycles. The van der Waals surface area contributed by atoms with Gasteiger partial charge in [0, 0.05) is 38.8 Å². The lowest BCUT2D eigenvalue weighted by Crippen LogP contribution is -2.51. The Kier molecular flexibility index (Phi) is 6.45. The van der Waals surface area contributed by atoms with E-state index in [9.17, 15) is 4.79 Å². The number of rotatable bonds is 6. The Labute approximate surface area is 127 Å². The molecule has 0 aromatic carbocycles. The standard InChI is InChI=1S/C16H29NO4/c1-3-19-11-14-12-21-10-7-16(14)5-8-17(9-6-16)15(18)13-20-4-2/h14H,3-13H2,1-2H3/t14-/m1/s1. The van der Waals surface area contributed by atoms with Crippen LogP contribution in [-0.4, -0.2) is 63.5 Å². The molecule has 1 spiro atoms. The molecule has 1 amide bonds. The number of nitrogens with zero attached hydrogens (tertiary/aromatic N) is 1. The molecule has 0 aromatic rings. The molecule has 2 heterocycles. The fourth-order valence-corrected chi connectivity index (χ4v) is 3.51. The molecule has 0 N–H and O–H groups in total. The van der Waals surface area contributed by atoms with Crippen molar-refractivity contribution in [1.82, 2.24) is 4.90 Å². The van der Waals surface area contributed by atoms with E-state index in [-0.39, 0.29) is 12.5 Å². The predicted molar refractivity (Wildman–Crippen MR) is 80.2 cm³/mol. The first kappa shape index (κ1) is 16.7. The van der Waals surface area contributed by atoms with E-state index in [1.165, 1.54) is 0 Å². The Balaban J connectivity index is 1.88. The maximum absolute atomic E-state index is 12.0. The maximum atomic E-state index is 12.0. The molecule has 0 unspecified atom stereocenters. The van der Waals surface area contributed by atoms with Gasteiger partial charge >= 0.3 is 0 Å². The third kappa shape index (κ3) is 4.18.